The second-order valence-corrected chi connectivity index (χ2v) is 8.17. The van der Waals surface area contributed by atoms with E-state index < -0.39 is 35.0 Å². The van der Waals surface area contributed by atoms with Gasteiger partial charge in [0.2, 0.25) is 11.3 Å². The summed E-state index contributed by atoms with van der Waals surface area (Å²) >= 11 is 0. The molecule has 2 unspecified atom stereocenters. The quantitative estimate of drug-likeness (QED) is 0.614. The molecule has 1 fully saturated rings. The van der Waals surface area contributed by atoms with Gasteiger partial charge in [0, 0.05) is 18.3 Å². The van der Waals surface area contributed by atoms with E-state index in [4.69, 9.17) is 0 Å². The standard InChI is InChI=1S/C22H21F2N5O4/c1-10(2)26-21(32)14-8-29(20-15(24)6-12(23)7-25-20)19-13(18(14)31)4-5-17(27-19)28-9-16(30)11(3)22(28)33/h4-8,10-11,16,30H,9H2,1-3H3,(H,26,32). The van der Waals surface area contributed by atoms with E-state index >= 15 is 0 Å². The van der Waals surface area contributed by atoms with E-state index in [0.29, 0.717) is 6.07 Å². The molecule has 0 aliphatic carbocycles. The molecule has 33 heavy (non-hydrogen) atoms. The SMILES string of the molecule is CC(C)NC(=O)c1cn(-c2ncc(F)cc2F)c2nc(N3CC(O)C(C)C3=O)ccc2c1=O. The molecule has 3 aromatic rings. The summed E-state index contributed by atoms with van der Waals surface area (Å²) in [6.07, 6.45) is 0.990. The minimum atomic E-state index is -1.04. The number of rotatable bonds is 4. The zero-order chi connectivity index (χ0) is 24.0. The molecule has 0 saturated carbocycles. The van der Waals surface area contributed by atoms with Gasteiger partial charge >= 0.3 is 0 Å². The molecule has 0 bridgehead atoms. The molecular weight excluding hydrogens is 436 g/mol. The maximum Gasteiger partial charge on any atom is 0.256 e. The number of aliphatic hydroxyl groups is 1. The van der Waals surface area contributed by atoms with Gasteiger partial charge in [0.1, 0.15) is 17.2 Å². The van der Waals surface area contributed by atoms with Crippen molar-refractivity contribution in [2.75, 3.05) is 11.4 Å². The Morgan fingerprint density at radius 3 is 2.61 bits per heavy atom. The predicted octanol–water partition coefficient (Wildman–Crippen LogP) is 1.54. The number of amides is 2. The van der Waals surface area contributed by atoms with Gasteiger partial charge in [-0.1, -0.05) is 6.92 Å². The number of nitrogens with zero attached hydrogens (tertiary/aromatic N) is 4. The molecule has 0 aromatic carbocycles. The van der Waals surface area contributed by atoms with Crippen molar-refractivity contribution >= 4 is 28.7 Å². The maximum atomic E-state index is 14.6. The van der Waals surface area contributed by atoms with Crippen molar-refractivity contribution in [2.45, 2.75) is 32.9 Å². The molecule has 2 atom stereocenters. The topological polar surface area (TPSA) is 117 Å². The monoisotopic (exact) mass is 457 g/mol. The number of pyridine rings is 3. The lowest BCUT2D eigenvalue weighted by atomic mass is 10.1. The number of aromatic nitrogens is 3. The Labute approximate surface area is 186 Å². The third kappa shape index (κ3) is 3.95. The van der Waals surface area contributed by atoms with E-state index in [1.165, 1.54) is 17.0 Å². The zero-order valence-electron chi connectivity index (χ0n) is 18.0. The van der Waals surface area contributed by atoms with Crippen molar-refractivity contribution in [2.24, 2.45) is 5.92 Å². The lowest BCUT2D eigenvalue weighted by Crippen LogP contribution is -2.34. The Morgan fingerprint density at radius 2 is 2.00 bits per heavy atom. The van der Waals surface area contributed by atoms with Crippen LogP contribution in [0.25, 0.3) is 16.9 Å². The molecule has 3 aromatic heterocycles. The molecule has 4 rings (SSSR count). The highest BCUT2D eigenvalue weighted by Gasteiger charge is 2.37. The van der Waals surface area contributed by atoms with Crippen LogP contribution in [-0.2, 0) is 4.79 Å². The van der Waals surface area contributed by atoms with Crippen LogP contribution in [0.15, 0.2) is 35.4 Å². The molecule has 1 saturated heterocycles. The predicted molar refractivity (Wildman–Crippen MR) is 115 cm³/mol. The van der Waals surface area contributed by atoms with Crippen LogP contribution in [0.5, 0.6) is 0 Å². The van der Waals surface area contributed by atoms with Crippen molar-refractivity contribution in [1.82, 2.24) is 19.9 Å². The second kappa shape index (κ2) is 8.32. The van der Waals surface area contributed by atoms with Crippen LogP contribution < -0.4 is 15.6 Å². The first kappa shape index (κ1) is 22.5. The van der Waals surface area contributed by atoms with Gasteiger partial charge in [-0.3, -0.25) is 23.9 Å². The average molecular weight is 457 g/mol. The van der Waals surface area contributed by atoms with Crippen molar-refractivity contribution in [1.29, 1.82) is 0 Å². The summed E-state index contributed by atoms with van der Waals surface area (Å²) in [5.74, 6) is -3.87. The molecule has 2 amide bonds. The van der Waals surface area contributed by atoms with Gasteiger partial charge in [0.05, 0.1) is 30.1 Å². The van der Waals surface area contributed by atoms with Crippen molar-refractivity contribution in [3.05, 3.63) is 58.0 Å². The summed E-state index contributed by atoms with van der Waals surface area (Å²) in [6.45, 7) is 5.02. The third-order valence-electron chi connectivity index (χ3n) is 5.40. The Balaban J connectivity index is 1.98. The number of carbonyl (C=O) groups excluding carboxylic acids is 2. The molecule has 9 nitrogen and oxygen atoms in total. The number of hydrogen-bond acceptors (Lipinski definition) is 6. The molecular formula is C22H21F2N5O4. The Hall–Kier alpha value is -3.73. The van der Waals surface area contributed by atoms with E-state index in [9.17, 15) is 28.3 Å². The number of halogens is 2. The van der Waals surface area contributed by atoms with Gasteiger partial charge in [0.25, 0.3) is 5.91 Å². The highest BCUT2D eigenvalue weighted by molar-refractivity contribution is 5.99. The minimum Gasteiger partial charge on any atom is -0.390 e. The summed E-state index contributed by atoms with van der Waals surface area (Å²) in [5.41, 5.74) is -1.02. The molecule has 1 aliphatic rings. The lowest BCUT2D eigenvalue weighted by Gasteiger charge is -2.18. The highest BCUT2D eigenvalue weighted by Crippen LogP contribution is 2.26. The van der Waals surface area contributed by atoms with Gasteiger partial charge in [-0.05, 0) is 26.0 Å². The van der Waals surface area contributed by atoms with Crippen LogP contribution in [-0.4, -0.2) is 50.1 Å². The zero-order valence-corrected chi connectivity index (χ0v) is 18.0. The number of β-amino-alcohol motifs (C(OH)–C–C–N with tert-alkyl or cyclic N) is 1. The first-order chi connectivity index (χ1) is 15.6. The number of nitrogens with one attached hydrogen (secondary N) is 1. The normalized spacial score (nSPS) is 18.4. The van der Waals surface area contributed by atoms with Crippen molar-refractivity contribution in [3.63, 3.8) is 0 Å². The van der Waals surface area contributed by atoms with Crippen molar-refractivity contribution < 1.29 is 23.5 Å². The van der Waals surface area contributed by atoms with Crippen LogP contribution in [0.3, 0.4) is 0 Å². The maximum absolute atomic E-state index is 14.6. The molecule has 2 N–H and O–H groups in total. The number of aliphatic hydroxyl groups excluding tert-OH is 1. The van der Waals surface area contributed by atoms with E-state index in [-0.39, 0.29) is 46.7 Å². The molecule has 11 heteroatoms. The molecule has 0 spiro atoms. The van der Waals surface area contributed by atoms with Gasteiger partial charge < -0.3 is 10.4 Å². The average Bonchev–Trinajstić information content (AvgIpc) is 3.01. The lowest BCUT2D eigenvalue weighted by molar-refractivity contribution is -0.121. The molecule has 172 valence electrons. The smallest absolute Gasteiger partial charge is 0.256 e. The van der Waals surface area contributed by atoms with Crippen LogP contribution >= 0.6 is 0 Å². The fourth-order valence-corrected chi connectivity index (χ4v) is 3.64. The van der Waals surface area contributed by atoms with Gasteiger partial charge in [-0.15, -0.1) is 0 Å². The highest BCUT2D eigenvalue weighted by atomic mass is 19.1. The Kier molecular flexibility index (Phi) is 5.66. The van der Waals surface area contributed by atoms with Crippen LogP contribution in [0.4, 0.5) is 14.6 Å². The van der Waals surface area contributed by atoms with Crippen LogP contribution in [0.1, 0.15) is 31.1 Å². The second-order valence-electron chi connectivity index (χ2n) is 8.17. The fraction of sp³-hybridized carbons (Fsp3) is 0.318. The number of fused-ring (bicyclic) bond motifs is 1. The first-order valence-electron chi connectivity index (χ1n) is 10.3. The number of anilines is 1. The summed E-state index contributed by atoms with van der Waals surface area (Å²) in [4.78, 5) is 47.6. The number of carbonyl (C=O) groups is 2. The van der Waals surface area contributed by atoms with E-state index in [1.54, 1.807) is 20.8 Å². The summed E-state index contributed by atoms with van der Waals surface area (Å²) in [7, 11) is 0. The summed E-state index contributed by atoms with van der Waals surface area (Å²) in [5, 5.41) is 12.6. The van der Waals surface area contributed by atoms with E-state index in [2.05, 4.69) is 15.3 Å². The van der Waals surface area contributed by atoms with Crippen LogP contribution in [0.2, 0.25) is 0 Å². The van der Waals surface area contributed by atoms with Gasteiger partial charge in [-0.2, -0.15) is 0 Å². The Bertz CT molecular complexity index is 1340. The van der Waals surface area contributed by atoms with E-state index in [0.717, 1.165) is 17.0 Å². The fourth-order valence-electron chi connectivity index (χ4n) is 3.64. The summed E-state index contributed by atoms with van der Waals surface area (Å²) < 4.78 is 29.2. The molecule has 1 aliphatic heterocycles. The first-order valence-corrected chi connectivity index (χ1v) is 10.3. The third-order valence-corrected chi connectivity index (χ3v) is 5.40. The summed E-state index contributed by atoms with van der Waals surface area (Å²) in [6, 6.07) is 3.13. The molecule has 0 radical (unpaired) electrons. The largest absolute Gasteiger partial charge is 0.390 e. The Morgan fingerprint density at radius 1 is 1.27 bits per heavy atom. The number of hydrogen-bond donors (Lipinski definition) is 2. The molecule has 4 heterocycles. The van der Waals surface area contributed by atoms with E-state index in [1.807, 2.05) is 0 Å². The van der Waals surface area contributed by atoms with Gasteiger partial charge in [-0.25, -0.2) is 18.7 Å². The van der Waals surface area contributed by atoms with Gasteiger partial charge in [0.15, 0.2) is 17.3 Å². The van der Waals surface area contributed by atoms with Crippen LogP contribution in [0, 0.1) is 17.6 Å². The minimum absolute atomic E-state index is 0.000770. The van der Waals surface area contributed by atoms with Crippen molar-refractivity contribution in [3.8, 4) is 5.82 Å².